The van der Waals surface area contributed by atoms with Crippen LogP contribution >= 0.6 is 0 Å². The molecule has 0 unspecified atom stereocenters. The highest BCUT2D eigenvalue weighted by Crippen LogP contribution is 2.36. The summed E-state index contributed by atoms with van der Waals surface area (Å²) in [5.41, 5.74) is 13.4. The molecule has 0 saturated carbocycles. The van der Waals surface area contributed by atoms with E-state index in [2.05, 4.69) is 49.6 Å². The lowest BCUT2D eigenvalue weighted by molar-refractivity contribution is 0.0946. The number of primary amides is 1. The average molecular weight is 538 g/mol. The van der Waals surface area contributed by atoms with Crippen LogP contribution in [0.15, 0.2) is 60.7 Å². The van der Waals surface area contributed by atoms with Crippen LogP contribution in [0.25, 0.3) is 11.3 Å². The van der Waals surface area contributed by atoms with Gasteiger partial charge in [-0.1, -0.05) is 57.2 Å². The van der Waals surface area contributed by atoms with Gasteiger partial charge in [0.2, 0.25) is 0 Å². The molecule has 40 heavy (non-hydrogen) atoms. The van der Waals surface area contributed by atoms with E-state index in [1.54, 1.807) is 25.3 Å². The minimum Gasteiger partial charge on any atom is -0.496 e. The summed E-state index contributed by atoms with van der Waals surface area (Å²) in [6, 6.07) is 19.4. The molecule has 0 aliphatic carbocycles. The first-order chi connectivity index (χ1) is 19.1. The minimum absolute atomic E-state index is 0.0434. The largest absolute Gasteiger partial charge is 0.496 e. The molecule has 0 bridgehead atoms. The third kappa shape index (κ3) is 5.17. The van der Waals surface area contributed by atoms with Gasteiger partial charge in [-0.2, -0.15) is 5.10 Å². The van der Waals surface area contributed by atoms with Gasteiger partial charge in [0.05, 0.1) is 12.7 Å². The molecule has 1 aliphatic rings. The summed E-state index contributed by atoms with van der Waals surface area (Å²) in [6.45, 7) is 9.53. The normalized spacial score (nSPS) is 12.5. The molecular weight excluding hydrogens is 502 g/mol. The van der Waals surface area contributed by atoms with Crippen LogP contribution in [-0.2, 0) is 24.9 Å². The number of anilines is 2. The number of ether oxygens (including phenoxy) is 1. The number of carbonyl (C=O) groups is 2. The van der Waals surface area contributed by atoms with Crippen LogP contribution in [0.5, 0.6) is 5.75 Å². The molecule has 8 heteroatoms. The Balaban J connectivity index is 1.41. The van der Waals surface area contributed by atoms with Gasteiger partial charge in [0, 0.05) is 24.3 Å². The highest BCUT2D eigenvalue weighted by Gasteiger charge is 2.27. The molecule has 206 valence electrons. The molecule has 0 saturated heterocycles. The van der Waals surface area contributed by atoms with Gasteiger partial charge in [-0.25, -0.2) is 4.68 Å². The molecule has 1 aliphatic heterocycles. The number of methoxy groups -OCH3 is 1. The molecule has 3 aromatic carbocycles. The Labute approximate surface area is 234 Å². The van der Waals surface area contributed by atoms with Crippen LogP contribution < -0.4 is 21.1 Å². The van der Waals surface area contributed by atoms with E-state index in [1.165, 1.54) is 11.1 Å². The van der Waals surface area contributed by atoms with E-state index in [-0.39, 0.29) is 11.3 Å². The molecular formula is C32H35N5O3. The van der Waals surface area contributed by atoms with E-state index >= 15 is 0 Å². The van der Waals surface area contributed by atoms with Crippen molar-refractivity contribution in [3.05, 3.63) is 94.0 Å². The van der Waals surface area contributed by atoms with Crippen molar-refractivity contribution in [1.82, 2.24) is 15.1 Å². The maximum Gasteiger partial charge on any atom is 0.255 e. The average Bonchev–Trinajstić information content (AvgIpc) is 3.19. The Kier molecular flexibility index (Phi) is 7.10. The van der Waals surface area contributed by atoms with Crippen LogP contribution in [0.1, 0.15) is 63.7 Å². The summed E-state index contributed by atoms with van der Waals surface area (Å²) < 4.78 is 7.14. The summed E-state index contributed by atoms with van der Waals surface area (Å²) in [6.07, 6.45) is 0.780. The molecule has 4 aromatic rings. The van der Waals surface area contributed by atoms with E-state index in [4.69, 9.17) is 15.6 Å². The number of aryl methyl sites for hydroxylation is 3. The summed E-state index contributed by atoms with van der Waals surface area (Å²) in [4.78, 5) is 25.5. The standard InChI is InChI=1S/C32H35N5O3/c1-19-16-21(10-11-22(19)18-34-31(39)24-8-6-7-9-26(24)40-5)28-27(29(33)38)30-35-25-13-12-23(32(2,3)4)17-20(25)14-15-37(30)36-28/h6-13,16-17,35H,14-15,18H2,1-5H3,(H2,33,38)(H,34,39). The topological polar surface area (TPSA) is 111 Å². The second-order valence-corrected chi connectivity index (χ2v) is 11.2. The number of aromatic nitrogens is 2. The fourth-order valence-electron chi connectivity index (χ4n) is 5.07. The van der Waals surface area contributed by atoms with Gasteiger partial charge in [-0.3, -0.25) is 9.59 Å². The predicted octanol–water partition coefficient (Wildman–Crippen LogP) is 5.49. The zero-order valence-corrected chi connectivity index (χ0v) is 23.6. The Morgan fingerprint density at radius 3 is 2.58 bits per heavy atom. The number of nitrogens with two attached hydrogens (primary N) is 1. The molecule has 8 nitrogen and oxygen atoms in total. The number of benzene rings is 3. The van der Waals surface area contributed by atoms with Crippen LogP contribution in [0.4, 0.5) is 11.5 Å². The van der Waals surface area contributed by atoms with E-state index in [0.29, 0.717) is 41.5 Å². The van der Waals surface area contributed by atoms with Gasteiger partial charge in [0.25, 0.3) is 11.8 Å². The third-order valence-corrected chi connectivity index (χ3v) is 7.42. The summed E-state index contributed by atoms with van der Waals surface area (Å²) >= 11 is 0. The van der Waals surface area contributed by atoms with Crippen LogP contribution in [0, 0.1) is 6.92 Å². The number of rotatable bonds is 6. The molecule has 4 N–H and O–H groups in total. The molecule has 2 heterocycles. The molecule has 5 rings (SSSR count). The van der Waals surface area contributed by atoms with Crippen molar-refractivity contribution in [3.63, 3.8) is 0 Å². The number of hydrogen-bond donors (Lipinski definition) is 3. The molecule has 2 amide bonds. The second-order valence-electron chi connectivity index (χ2n) is 11.2. The van der Waals surface area contributed by atoms with Gasteiger partial charge in [0.1, 0.15) is 22.8 Å². The highest BCUT2D eigenvalue weighted by molar-refractivity contribution is 6.04. The van der Waals surface area contributed by atoms with Crippen LogP contribution in [-0.4, -0.2) is 28.7 Å². The van der Waals surface area contributed by atoms with Gasteiger partial charge in [0.15, 0.2) is 0 Å². The van der Waals surface area contributed by atoms with Crippen molar-refractivity contribution in [1.29, 1.82) is 0 Å². The van der Waals surface area contributed by atoms with Gasteiger partial charge in [-0.15, -0.1) is 0 Å². The monoisotopic (exact) mass is 537 g/mol. The molecule has 0 radical (unpaired) electrons. The molecule has 0 spiro atoms. The first-order valence-corrected chi connectivity index (χ1v) is 13.4. The van der Waals surface area contributed by atoms with Crippen LogP contribution in [0.3, 0.4) is 0 Å². The van der Waals surface area contributed by atoms with E-state index in [9.17, 15) is 9.59 Å². The van der Waals surface area contributed by atoms with Crippen molar-refractivity contribution >= 4 is 23.3 Å². The number of nitrogens with one attached hydrogen (secondary N) is 2. The van der Waals surface area contributed by atoms with Crippen molar-refractivity contribution in [2.45, 2.75) is 52.6 Å². The van der Waals surface area contributed by atoms with Crippen molar-refractivity contribution in [2.24, 2.45) is 5.73 Å². The molecule has 1 aromatic heterocycles. The van der Waals surface area contributed by atoms with Crippen molar-refractivity contribution in [2.75, 3.05) is 12.4 Å². The number of hydrogen-bond acceptors (Lipinski definition) is 5. The van der Waals surface area contributed by atoms with Crippen LogP contribution in [0.2, 0.25) is 0 Å². The second kappa shape index (κ2) is 10.5. The zero-order valence-electron chi connectivity index (χ0n) is 23.6. The lowest BCUT2D eigenvalue weighted by Crippen LogP contribution is -2.23. The third-order valence-electron chi connectivity index (χ3n) is 7.42. The van der Waals surface area contributed by atoms with Gasteiger partial charge >= 0.3 is 0 Å². The highest BCUT2D eigenvalue weighted by atomic mass is 16.5. The maximum atomic E-state index is 12.8. The smallest absolute Gasteiger partial charge is 0.255 e. The van der Waals surface area contributed by atoms with Crippen molar-refractivity contribution < 1.29 is 14.3 Å². The Hall–Kier alpha value is -4.59. The van der Waals surface area contributed by atoms with Crippen molar-refractivity contribution in [3.8, 4) is 17.0 Å². The van der Waals surface area contributed by atoms with E-state index in [1.807, 2.05) is 35.9 Å². The first-order valence-electron chi connectivity index (χ1n) is 13.4. The van der Waals surface area contributed by atoms with E-state index < -0.39 is 5.91 Å². The summed E-state index contributed by atoms with van der Waals surface area (Å²) in [5.74, 6) is 0.382. The Morgan fingerprint density at radius 2 is 1.88 bits per heavy atom. The SMILES string of the molecule is COc1ccccc1C(=O)NCc1ccc(-c2nn3c(c2C(N)=O)Nc2ccc(C(C)(C)C)cc2CC3)cc1C. The lowest BCUT2D eigenvalue weighted by atomic mass is 9.85. The quantitative estimate of drug-likeness (QED) is 0.301. The summed E-state index contributed by atoms with van der Waals surface area (Å²) in [7, 11) is 1.54. The van der Waals surface area contributed by atoms with E-state index in [0.717, 1.165) is 28.8 Å². The molecule has 0 fully saturated rings. The number of para-hydroxylation sites is 1. The Bertz CT molecular complexity index is 1610. The molecule has 0 atom stereocenters. The van der Waals surface area contributed by atoms with Gasteiger partial charge < -0.3 is 21.1 Å². The fourth-order valence-corrected chi connectivity index (χ4v) is 5.07. The number of nitrogens with zero attached hydrogens (tertiary/aromatic N) is 2. The minimum atomic E-state index is -0.538. The lowest BCUT2D eigenvalue weighted by Gasteiger charge is -2.21. The summed E-state index contributed by atoms with van der Waals surface area (Å²) in [5, 5.41) is 11.2. The Morgan fingerprint density at radius 1 is 1.10 bits per heavy atom. The predicted molar refractivity (Wildman–Crippen MR) is 157 cm³/mol. The number of fused-ring (bicyclic) bond motifs is 2. The number of amides is 2. The van der Waals surface area contributed by atoms with Gasteiger partial charge in [-0.05, 0) is 65.3 Å². The first kappa shape index (κ1) is 27.0. The number of carbonyl (C=O) groups excluding carboxylic acids is 2. The zero-order chi connectivity index (χ0) is 28.6. The fraction of sp³-hybridized carbons (Fsp3) is 0.281. The maximum absolute atomic E-state index is 12.8.